The Bertz CT molecular complexity index is 1160. The number of pyridine rings is 1. The molecular weight excluding hydrogens is 402 g/mol. The third kappa shape index (κ3) is 5.73. The van der Waals surface area contributed by atoms with Crippen LogP contribution in [0.3, 0.4) is 0 Å². The number of nitrogens with zero attached hydrogens (tertiary/aromatic N) is 1. The molecular formula is C27H23NO4. The van der Waals surface area contributed by atoms with Gasteiger partial charge in [-0.3, -0.25) is 4.79 Å². The molecule has 3 aromatic carbocycles. The van der Waals surface area contributed by atoms with Gasteiger partial charge >= 0.3 is 5.97 Å². The summed E-state index contributed by atoms with van der Waals surface area (Å²) in [7, 11) is 0. The maximum Gasteiger partial charge on any atom is 0.307 e. The lowest BCUT2D eigenvalue weighted by atomic mass is 10.0. The van der Waals surface area contributed by atoms with E-state index in [2.05, 4.69) is 4.98 Å². The highest BCUT2D eigenvalue weighted by Gasteiger charge is 2.12. The second-order valence-electron chi connectivity index (χ2n) is 7.32. The quantitative estimate of drug-likeness (QED) is 0.382. The van der Waals surface area contributed by atoms with Crippen LogP contribution in [0.15, 0.2) is 97.1 Å². The Morgan fingerprint density at radius 2 is 1.28 bits per heavy atom. The number of carboxylic acid groups (broad SMARTS) is 1. The summed E-state index contributed by atoms with van der Waals surface area (Å²) < 4.78 is 12.0. The van der Waals surface area contributed by atoms with Gasteiger partial charge in [-0.25, -0.2) is 0 Å². The second-order valence-corrected chi connectivity index (χ2v) is 7.32. The van der Waals surface area contributed by atoms with Crippen molar-refractivity contribution in [1.82, 2.24) is 4.98 Å². The van der Waals surface area contributed by atoms with Crippen LogP contribution < -0.4 is 9.47 Å². The molecule has 0 amide bonds. The number of benzene rings is 3. The average Bonchev–Trinajstić information content (AvgIpc) is 2.83. The van der Waals surface area contributed by atoms with E-state index >= 15 is 0 Å². The van der Waals surface area contributed by atoms with Gasteiger partial charge in [0.2, 0.25) is 11.8 Å². The van der Waals surface area contributed by atoms with E-state index in [0.717, 1.165) is 27.8 Å². The lowest BCUT2D eigenvalue weighted by Crippen LogP contribution is -2.03. The van der Waals surface area contributed by atoms with Crippen molar-refractivity contribution in [3.63, 3.8) is 0 Å². The molecule has 0 bridgehead atoms. The summed E-state index contributed by atoms with van der Waals surface area (Å²) in [5.74, 6) is 0.0831. The molecule has 4 rings (SSSR count). The number of hydrogen-bond acceptors (Lipinski definition) is 4. The largest absolute Gasteiger partial charge is 0.481 e. The van der Waals surface area contributed by atoms with Crippen molar-refractivity contribution < 1.29 is 19.4 Å². The van der Waals surface area contributed by atoms with E-state index in [1.54, 1.807) is 0 Å². The molecule has 0 aliphatic rings. The summed E-state index contributed by atoms with van der Waals surface area (Å²) in [6.45, 7) is 0.787. The molecule has 4 aromatic rings. The van der Waals surface area contributed by atoms with E-state index in [0.29, 0.717) is 25.0 Å². The molecule has 0 unspecified atom stereocenters. The number of aliphatic carboxylic acids is 1. The standard InChI is InChI=1S/C27H23NO4/c29-26(30)17-20-11-13-23(14-12-20)24-15-16-25(31-18-21-7-3-1-4-8-21)28-27(24)32-19-22-9-5-2-6-10-22/h1-16H,17-19H2,(H,29,30). The van der Waals surface area contributed by atoms with Gasteiger partial charge in [0.1, 0.15) is 13.2 Å². The number of carbonyl (C=O) groups is 1. The molecule has 0 saturated carbocycles. The van der Waals surface area contributed by atoms with Crippen LogP contribution >= 0.6 is 0 Å². The highest BCUT2D eigenvalue weighted by molar-refractivity contribution is 5.72. The number of carboxylic acids is 1. The lowest BCUT2D eigenvalue weighted by molar-refractivity contribution is -0.136. The summed E-state index contributed by atoms with van der Waals surface area (Å²) in [4.78, 5) is 15.6. The molecule has 0 saturated heterocycles. The molecule has 0 atom stereocenters. The van der Waals surface area contributed by atoms with Crippen molar-refractivity contribution in [3.05, 3.63) is 114 Å². The Morgan fingerprint density at radius 3 is 1.88 bits per heavy atom. The van der Waals surface area contributed by atoms with Crippen LogP contribution in [-0.4, -0.2) is 16.1 Å². The van der Waals surface area contributed by atoms with Gasteiger partial charge in [0.25, 0.3) is 0 Å². The zero-order valence-electron chi connectivity index (χ0n) is 17.5. The Kier molecular flexibility index (Phi) is 6.78. The predicted octanol–water partition coefficient (Wildman–Crippen LogP) is 5.53. The molecule has 0 spiro atoms. The van der Waals surface area contributed by atoms with Gasteiger partial charge in [-0.2, -0.15) is 4.98 Å². The molecule has 32 heavy (non-hydrogen) atoms. The maximum absolute atomic E-state index is 11.0. The summed E-state index contributed by atoms with van der Waals surface area (Å²) in [5.41, 5.74) is 4.54. The van der Waals surface area contributed by atoms with E-state index in [4.69, 9.17) is 14.6 Å². The zero-order valence-corrected chi connectivity index (χ0v) is 17.5. The van der Waals surface area contributed by atoms with Crippen LogP contribution in [0.1, 0.15) is 16.7 Å². The highest BCUT2D eigenvalue weighted by atomic mass is 16.5. The Morgan fingerprint density at radius 1 is 0.688 bits per heavy atom. The van der Waals surface area contributed by atoms with E-state index in [1.807, 2.05) is 97.1 Å². The van der Waals surface area contributed by atoms with Crippen LogP contribution in [0.4, 0.5) is 0 Å². The van der Waals surface area contributed by atoms with Crippen molar-refractivity contribution in [2.75, 3.05) is 0 Å². The minimum absolute atomic E-state index is 0.0117. The monoisotopic (exact) mass is 425 g/mol. The van der Waals surface area contributed by atoms with Gasteiger partial charge in [-0.05, 0) is 28.3 Å². The summed E-state index contributed by atoms with van der Waals surface area (Å²) in [6.07, 6.45) is -0.0117. The average molecular weight is 425 g/mol. The van der Waals surface area contributed by atoms with Crippen molar-refractivity contribution in [1.29, 1.82) is 0 Å². The normalized spacial score (nSPS) is 10.5. The van der Waals surface area contributed by atoms with Gasteiger partial charge in [-0.1, -0.05) is 84.9 Å². The van der Waals surface area contributed by atoms with Crippen LogP contribution in [-0.2, 0) is 24.4 Å². The van der Waals surface area contributed by atoms with E-state index in [9.17, 15) is 4.79 Å². The molecule has 1 N–H and O–H groups in total. The number of rotatable bonds is 9. The maximum atomic E-state index is 11.0. The van der Waals surface area contributed by atoms with Gasteiger partial charge in [0, 0.05) is 11.6 Å². The van der Waals surface area contributed by atoms with Gasteiger partial charge < -0.3 is 14.6 Å². The molecule has 5 nitrogen and oxygen atoms in total. The van der Waals surface area contributed by atoms with Gasteiger partial charge in [-0.15, -0.1) is 0 Å². The number of hydrogen-bond donors (Lipinski definition) is 1. The van der Waals surface area contributed by atoms with E-state index in [-0.39, 0.29) is 6.42 Å². The Hall–Kier alpha value is -4.12. The van der Waals surface area contributed by atoms with Crippen molar-refractivity contribution >= 4 is 5.97 Å². The fourth-order valence-corrected chi connectivity index (χ4v) is 3.27. The molecule has 0 aliphatic carbocycles. The van der Waals surface area contributed by atoms with Crippen molar-refractivity contribution in [2.24, 2.45) is 0 Å². The van der Waals surface area contributed by atoms with Crippen LogP contribution in [0, 0.1) is 0 Å². The molecule has 1 heterocycles. The first-order valence-corrected chi connectivity index (χ1v) is 10.3. The third-order valence-corrected chi connectivity index (χ3v) is 4.90. The molecule has 0 fully saturated rings. The van der Waals surface area contributed by atoms with Crippen LogP contribution in [0.25, 0.3) is 11.1 Å². The van der Waals surface area contributed by atoms with Crippen molar-refractivity contribution in [3.8, 4) is 22.9 Å². The molecule has 0 aliphatic heterocycles. The Balaban J connectivity index is 1.58. The Labute approximate surface area is 186 Å². The first-order valence-electron chi connectivity index (χ1n) is 10.3. The molecule has 5 heteroatoms. The fraction of sp³-hybridized carbons (Fsp3) is 0.111. The third-order valence-electron chi connectivity index (χ3n) is 4.90. The van der Waals surface area contributed by atoms with E-state index in [1.165, 1.54) is 0 Å². The van der Waals surface area contributed by atoms with Gasteiger partial charge in [0.15, 0.2) is 0 Å². The molecule has 160 valence electrons. The van der Waals surface area contributed by atoms with E-state index < -0.39 is 5.97 Å². The first-order chi connectivity index (χ1) is 15.7. The molecule has 0 radical (unpaired) electrons. The lowest BCUT2D eigenvalue weighted by Gasteiger charge is -2.13. The van der Waals surface area contributed by atoms with Crippen molar-refractivity contribution in [2.45, 2.75) is 19.6 Å². The van der Waals surface area contributed by atoms with Gasteiger partial charge in [0.05, 0.1) is 6.42 Å². The smallest absolute Gasteiger partial charge is 0.307 e. The highest BCUT2D eigenvalue weighted by Crippen LogP contribution is 2.31. The van der Waals surface area contributed by atoms with Crippen LogP contribution in [0.5, 0.6) is 11.8 Å². The fourth-order valence-electron chi connectivity index (χ4n) is 3.27. The minimum Gasteiger partial charge on any atom is -0.481 e. The minimum atomic E-state index is -0.855. The molecule has 1 aromatic heterocycles. The second kappa shape index (κ2) is 10.3. The summed E-state index contributed by atoms with van der Waals surface area (Å²) in [5, 5.41) is 9.00. The number of aromatic nitrogens is 1. The zero-order chi connectivity index (χ0) is 22.2. The SMILES string of the molecule is O=C(O)Cc1ccc(-c2ccc(OCc3ccccc3)nc2OCc2ccccc2)cc1. The number of ether oxygens (including phenoxy) is 2. The summed E-state index contributed by atoms with van der Waals surface area (Å²) >= 11 is 0. The van der Waals surface area contributed by atoms with Crippen LogP contribution in [0.2, 0.25) is 0 Å². The summed E-state index contributed by atoms with van der Waals surface area (Å²) in [6, 6.07) is 30.9. The predicted molar refractivity (Wildman–Crippen MR) is 123 cm³/mol. The topological polar surface area (TPSA) is 68.7 Å². The first kappa shape index (κ1) is 21.1.